The molecule has 14 heavy (non-hydrogen) atoms. The Bertz CT molecular complexity index is 396. The van der Waals surface area contributed by atoms with Crippen molar-refractivity contribution in [2.45, 2.75) is 25.0 Å². The molecule has 1 aromatic carbocycles. The van der Waals surface area contributed by atoms with Crippen molar-refractivity contribution in [2.24, 2.45) is 0 Å². The van der Waals surface area contributed by atoms with E-state index in [2.05, 4.69) is 5.32 Å². The van der Waals surface area contributed by atoms with Crippen molar-refractivity contribution in [3.05, 3.63) is 29.8 Å². The monoisotopic (exact) mass is 189 g/mol. The highest BCUT2D eigenvalue weighted by molar-refractivity contribution is 5.98. The van der Waals surface area contributed by atoms with Crippen molar-refractivity contribution < 1.29 is 9.53 Å². The Morgan fingerprint density at radius 3 is 2.79 bits per heavy atom. The summed E-state index contributed by atoms with van der Waals surface area (Å²) >= 11 is 0. The first-order valence-corrected chi connectivity index (χ1v) is 4.90. The molecular formula is C11H11NO2. The first-order valence-electron chi connectivity index (χ1n) is 4.90. The van der Waals surface area contributed by atoms with Gasteiger partial charge in [0.05, 0.1) is 5.56 Å². The van der Waals surface area contributed by atoms with E-state index < -0.39 is 0 Å². The van der Waals surface area contributed by atoms with Crippen molar-refractivity contribution in [2.75, 3.05) is 0 Å². The van der Waals surface area contributed by atoms with Gasteiger partial charge in [0.2, 0.25) is 0 Å². The van der Waals surface area contributed by atoms with Gasteiger partial charge in [0, 0.05) is 12.8 Å². The van der Waals surface area contributed by atoms with Gasteiger partial charge in [-0.15, -0.1) is 0 Å². The summed E-state index contributed by atoms with van der Waals surface area (Å²) in [5.41, 5.74) is 0.260. The topological polar surface area (TPSA) is 38.3 Å². The Kier molecular flexibility index (Phi) is 1.40. The fraction of sp³-hybridized carbons (Fsp3) is 0.364. The molecule has 1 spiro atoms. The standard InChI is InChI=1S/C11H11NO2/c13-10-8-4-1-2-5-9(8)14-11(12-10)6-3-7-11/h1-2,4-5H,3,6-7H2,(H,12,13). The van der Waals surface area contributed by atoms with E-state index in [1.807, 2.05) is 18.2 Å². The summed E-state index contributed by atoms with van der Waals surface area (Å²) in [5, 5.41) is 2.92. The van der Waals surface area contributed by atoms with Crippen LogP contribution in [0.1, 0.15) is 29.6 Å². The number of rotatable bonds is 0. The summed E-state index contributed by atoms with van der Waals surface area (Å²) in [6.45, 7) is 0. The van der Waals surface area contributed by atoms with Crippen molar-refractivity contribution in [1.29, 1.82) is 0 Å². The van der Waals surface area contributed by atoms with Crippen LogP contribution in [0.2, 0.25) is 0 Å². The second kappa shape index (κ2) is 2.50. The minimum absolute atomic E-state index is 0.00782. The van der Waals surface area contributed by atoms with Gasteiger partial charge in [-0.1, -0.05) is 12.1 Å². The van der Waals surface area contributed by atoms with Crippen molar-refractivity contribution in [1.82, 2.24) is 5.32 Å². The van der Waals surface area contributed by atoms with Gasteiger partial charge in [-0.05, 0) is 18.6 Å². The Balaban J connectivity index is 2.04. The first-order chi connectivity index (χ1) is 6.79. The maximum atomic E-state index is 11.7. The molecule has 3 heteroatoms. The molecule has 0 bridgehead atoms. The molecule has 1 amide bonds. The van der Waals surface area contributed by atoms with Gasteiger partial charge in [-0.2, -0.15) is 0 Å². The predicted octanol–water partition coefficient (Wildman–Crippen LogP) is 1.69. The van der Waals surface area contributed by atoms with E-state index in [9.17, 15) is 4.79 Å². The fourth-order valence-electron chi connectivity index (χ4n) is 1.98. The van der Waals surface area contributed by atoms with E-state index in [-0.39, 0.29) is 11.6 Å². The fourth-order valence-corrected chi connectivity index (χ4v) is 1.98. The minimum atomic E-state index is -0.383. The molecule has 1 N–H and O–H groups in total. The predicted molar refractivity (Wildman–Crippen MR) is 51.1 cm³/mol. The molecule has 1 fully saturated rings. The van der Waals surface area contributed by atoms with Crippen LogP contribution in [0.15, 0.2) is 24.3 Å². The Morgan fingerprint density at radius 2 is 2.07 bits per heavy atom. The molecule has 3 nitrogen and oxygen atoms in total. The summed E-state index contributed by atoms with van der Waals surface area (Å²) in [7, 11) is 0. The zero-order valence-corrected chi connectivity index (χ0v) is 7.75. The third kappa shape index (κ3) is 0.953. The van der Waals surface area contributed by atoms with Crippen LogP contribution < -0.4 is 10.1 Å². The quantitative estimate of drug-likeness (QED) is 0.674. The first kappa shape index (κ1) is 7.85. The Hall–Kier alpha value is -1.51. The molecule has 1 aliphatic carbocycles. The molecule has 0 unspecified atom stereocenters. The molecule has 1 aromatic rings. The summed E-state index contributed by atoms with van der Waals surface area (Å²) < 4.78 is 5.79. The van der Waals surface area contributed by atoms with Crippen LogP contribution in [-0.4, -0.2) is 11.6 Å². The number of para-hydroxylation sites is 1. The molecule has 1 heterocycles. The zero-order chi connectivity index (χ0) is 9.60. The van der Waals surface area contributed by atoms with Gasteiger partial charge in [-0.3, -0.25) is 4.79 Å². The SMILES string of the molecule is O=C1NC2(CCC2)Oc2ccccc21. The zero-order valence-electron chi connectivity index (χ0n) is 7.75. The van der Waals surface area contributed by atoms with Crippen molar-refractivity contribution >= 4 is 5.91 Å². The summed E-state index contributed by atoms with van der Waals surface area (Å²) in [6, 6.07) is 7.38. The molecule has 3 rings (SSSR count). The average molecular weight is 189 g/mol. The van der Waals surface area contributed by atoms with E-state index in [1.54, 1.807) is 6.07 Å². The van der Waals surface area contributed by atoms with Gasteiger partial charge in [0.15, 0.2) is 5.72 Å². The summed E-state index contributed by atoms with van der Waals surface area (Å²) in [4.78, 5) is 11.7. The highest BCUT2D eigenvalue weighted by Gasteiger charge is 2.44. The Morgan fingerprint density at radius 1 is 1.29 bits per heavy atom. The number of carbonyl (C=O) groups excluding carboxylic acids is 1. The van der Waals surface area contributed by atoms with Gasteiger partial charge in [0.25, 0.3) is 5.91 Å². The lowest BCUT2D eigenvalue weighted by molar-refractivity contribution is -0.0401. The number of carbonyl (C=O) groups is 1. The lowest BCUT2D eigenvalue weighted by Crippen LogP contribution is -2.60. The van der Waals surface area contributed by atoms with E-state index in [4.69, 9.17) is 4.74 Å². The molecule has 1 aliphatic heterocycles. The molecule has 0 atom stereocenters. The number of fused-ring (bicyclic) bond motifs is 1. The maximum Gasteiger partial charge on any atom is 0.258 e. The van der Waals surface area contributed by atoms with Crippen molar-refractivity contribution in [3.63, 3.8) is 0 Å². The number of ether oxygens (including phenoxy) is 1. The third-order valence-corrected chi connectivity index (χ3v) is 2.94. The van der Waals surface area contributed by atoms with Crippen LogP contribution in [0.25, 0.3) is 0 Å². The van der Waals surface area contributed by atoms with Gasteiger partial charge >= 0.3 is 0 Å². The normalized spacial score (nSPS) is 21.9. The molecule has 1 saturated carbocycles. The van der Waals surface area contributed by atoms with Crippen LogP contribution in [0, 0.1) is 0 Å². The number of hydrogen-bond donors (Lipinski definition) is 1. The largest absolute Gasteiger partial charge is 0.467 e. The van der Waals surface area contributed by atoms with Crippen LogP contribution in [0.4, 0.5) is 0 Å². The van der Waals surface area contributed by atoms with E-state index in [1.165, 1.54) is 0 Å². The van der Waals surface area contributed by atoms with Crippen LogP contribution >= 0.6 is 0 Å². The van der Waals surface area contributed by atoms with Gasteiger partial charge < -0.3 is 10.1 Å². The number of hydrogen-bond acceptors (Lipinski definition) is 2. The number of nitrogens with one attached hydrogen (secondary N) is 1. The van der Waals surface area contributed by atoms with Gasteiger partial charge in [-0.25, -0.2) is 0 Å². The molecule has 0 radical (unpaired) electrons. The molecular weight excluding hydrogens is 178 g/mol. The number of amides is 1. The molecule has 72 valence electrons. The highest BCUT2D eigenvalue weighted by atomic mass is 16.5. The molecule has 0 aromatic heterocycles. The van der Waals surface area contributed by atoms with Crippen LogP contribution in [0.3, 0.4) is 0 Å². The van der Waals surface area contributed by atoms with E-state index in [0.29, 0.717) is 5.56 Å². The molecule has 0 saturated heterocycles. The maximum absolute atomic E-state index is 11.7. The van der Waals surface area contributed by atoms with E-state index >= 15 is 0 Å². The smallest absolute Gasteiger partial charge is 0.258 e. The lowest BCUT2D eigenvalue weighted by Gasteiger charge is -2.45. The minimum Gasteiger partial charge on any atom is -0.467 e. The van der Waals surface area contributed by atoms with E-state index in [0.717, 1.165) is 25.0 Å². The van der Waals surface area contributed by atoms with Crippen molar-refractivity contribution in [3.8, 4) is 5.75 Å². The Labute approximate surface area is 82.1 Å². The third-order valence-electron chi connectivity index (χ3n) is 2.94. The summed E-state index contributed by atoms with van der Waals surface area (Å²) in [6.07, 6.45) is 2.97. The average Bonchev–Trinajstić information content (AvgIpc) is 2.15. The van der Waals surface area contributed by atoms with Crippen LogP contribution in [-0.2, 0) is 0 Å². The number of benzene rings is 1. The second-order valence-corrected chi connectivity index (χ2v) is 3.90. The van der Waals surface area contributed by atoms with Crippen LogP contribution in [0.5, 0.6) is 5.75 Å². The highest BCUT2D eigenvalue weighted by Crippen LogP contribution is 2.38. The molecule has 2 aliphatic rings. The second-order valence-electron chi connectivity index (χ2n) is 3.90. The lowest BCUT2D eigenvalue weighted by atomic mass is 9.86. The summed E-state index contributed by atoms with van der Waals surface area (Å²) in [5.74, 6) is 0.711. The van der Waals surface area contributed by atoms with Gasteiger partial charge in [0.1, 0.15) is 5.75 Å².